The monoisotopic (exact) mass is 431 g/mol. The van der Waals surface area contributed by atoms with Crippen LogP contribution in [0.4, 0.5) is 13.2 Å². The Morgan fingerprint density at radius 3 is 2.29 bits per heavy atom. The van der Waals surface area contributed by atoms with Gasteiger partial charge in [-0.25, -0.2) is 0 Å². The predicted octanol–water partition coefficient (Wildman–Crippen LogP) is 4.41. The third-order valence-corrected chi connectivity index (χ3v) is 5.32. The van der Waals surface area contributed by atoms with E-state index in [1.807, 2.05) is 17.6 Å². The van der Waals surface area contributed by atoms with Gasteiger partial charge in [0, 0.05) is 36.2 Å². The van der Waals surface area contributed by atoms with Crippen LogP contribution in [-0.4, -0.2) is 15.5 Å². The van der Waals surface area contributed by atoms with Crippen LogP contribution in [0.15, 0.2) is 41.3 Å². The first-order chi connectivity index (χ1) is 14.5. The molecule has 0 bridgehead atoms. The van der Waals surface area contributed by atoms with Crippen molar-refractivity contribution in [3.05, 3.63) is 91.7 Å². The Morgan fingerprint density at radius 1 is 1.06 bits per heavy atom. The lowest BCUT2D eigenvalue weighted by atomic mass is 10.1. The fourth-order valence-electron chi connectivity index (χ4n) is 3.69. The molecule has 1 aromatic carbocycles. The molecule has 31 heavy (non-hydrogen) atoms. The number of alkyl halides is 3. The first-order valence-electron chi connectivity index (χ1n) is 9.77. The molecule has 0 fully saturated rings. The van der Waals surface area contributed by atoms with Gasteiger partial charge in [0.2, 0.25) is 0 Å². The van der Waals surface area contributed by atoms with Crippen molar-refractivity contribution in [1.29, 1.82) is 0 Å². The molecule has 0 unspecified atom stereocenters. The maximum absolute atomic E-state index is 12.8. The fourth-order valence-corrected chi connectivity index (χ4v) is 3.69. The van der Waals surface area contributed by atoms with Crippen LogP contribution >= 0.6 is 0 Å². The van der Waals surface area contributed by atoms with Gasteiger partial charge in [0.1, 0.15) is 0 Å². The van der Waals surface area contributed by atoms with Crippen LogP contribution in [0.2, 0.25) is 0 Å². The van der Waals surface area contributed by atoms with Crippen LogP contribution in [0.25, 0.3) is 0 Å². The summed E-state index contributed by atoms with van der Waals surface area (Å²) in [6, 6.07) is 6.82. The van der Waals surface area contributed by atoms with Crippen molar-refractivity contribution >= 4 is 5.91 Å². The second kappa shape index (κ2) is 8.45. The van der Waals surface area contributed by atoms with E-state index in [-0.39, 0.29) is 18.0 Å². The largest absolute Gasteiger partial charge is 0.416 e. The third-order valence-electron chi connectivity index (χ3n) is 5.32. The SMILES string of the molecule is Cc1cc(C)c(CNC(=O)c2c(C)cn(Cc3ccc(C(F)(F)F)cc3)c2C)c(=O)[nH]1. The third kappa shape index (κ3) is 4.90. The van der Waals surface area contributed by atoms with Crippen LogP contribution < -0.4 is 10.9 Å². The summed E-state index contributed by atoms with van der Waals surface area (Å²) in [6.07, 6.45) is -2.58. The number of pyridine rings is 1. The van der Waals surface area contributed by atoms with Gasteiger partial charge in [-0.1, -0.05) is 12.1 Å². The number of aromatic nitrogens is 2. The van der Waals surface area contributed by atoms with Gasteiger partial charge in [-0.15, -0.1) is 0 Å². The minimum atomic E-state index is -4.37. The van der Waals surface area contributed by atoms with Crippen molar-refractivity contribution in [2.75, 3.05) is 0 Å². The summed E-state index contributed by atoms with van der Waals surface area (Å²) in [7, 11) is 0. The number of aromatic amines is 1. The summed E-state index contributed by atoms with van der Waals surface area (Å²) >= 11 is 0. The Kier molecular flexibility index (Phi) is 6.10. The number of halogens is 3. The molecule has 0 saturated heterocycles. The van der Waals surface area contributed by atoms with Crippen molar-refractivity contribution in [3.63, 3.8) is 0 Å². The molecule has 0 atom stereocenters. The molecule has 0 spiro atoms. The number of nitrogens with one attached hydrogen (secondary N) is 2. The molecule has 2 N–H and O–H groups in total. The van der Waals surface area contributed by atoms with E-state index in [0.717, 1.165) is 29.0 Å². The van der Waals surface area contributed by atoms with Crippen LogP contribution in [0.1, 0.15) is 49.6 Å². The van der Waals surface area contributed by atoms with Gasteiger partial charge < -0.3 is 14.9 Å². The molecule has 5 nitrogen and oxygen atoms in total. The van der Waals surface area contributed by atoms with Crippen molar-refractivity contribution < 1.29 is 18.0 Å². The number of hydrogen-bond donors (Lipinski definition) is 2. The zero-order valence-corrected chi connectivity index (χ0v) is 17.8. The van der Waals surface area contributed by atoms with Crippen molar-refractivity contribution in [2.24, 2.45) is 0 Å². The van der Waals surface area contributed by atoms with Crippen LogP contribution in [0.5, 0.6) is 0 Å². The summed E-state index contributed by atoms with van der Waals surface area (Å²) in [6.45, 7) is 7.65. The van der Waals surface area contributed by atoms with Crippen LogP contribution in [0, 0.1) is 27.7 Å². The second-order valence-electron chi connectivity index (χ2n) is 7.72. The molecule has 164 valence electrons. The summed E-state index contributed by atoms with van der Waals surface area (Å²) in [5, 5.41) is 2.80. The lowest BCUT2D eigenvalue weighted by Crippen LogP contribution is -2.28. The minimum absolute atomic E-state index is 0.100. The number of carbonyl (C=O) groups is 1. The average molecular weight is 431 g/mol. The van der Waals surface area contributed by atoms with E-state index in [2.05, 4.69) is 10.3 Å². The van der Waals surface area contributed by atoms with Gasteiger partial charge in [0.05, 0.1) is 11.1 Å². The second-order valence-corrected chi connectivity index (χ2v) is 7.72. The maximum atomic E-state index is 12.8. The number of carbonyl (C=O) groups excluding carboxylic acids is 1. The Hall–Kier alpha value is -3.29. The molecule has 1 amide bonds. The van der Waals surface area contributed by atoms with E-state index in [9.17, 15) is 22.8 Å². The van der Waals surface area contributed by atoms with E-state index in [1.54, 1.807) is 27.0 Å². The van der Waals surface area contributed by atoms with E-state index in [1.165, 1.54) is 12.1 Å². The predicted molar refractivity (Wildman–Crippen MR) is 112 cm³/mol. The standard InChI is InChI=1S/C23H24F3N3O2/c1-13-9-15(3)28-21(30)19(13)10-27-22(31)20-14(2)11-29(16(20)4)12-17-5-7-18(8-6-17)23(24,25)26/h5-9,11H,10,12H2,1-4H3,(H,27,31)(H,28,30). The molecular formula is C23H24F3N3O2. The molecule has 8 heteroatoms. The molecule has 2 aromatic heterocycles. The van der Waals surface area contributed by atoms with Crippen LogP contribution in [-0.2, 0) is 19.3 Å². The Morgan fingerprint density at radius 2 is 1.71 bits per heavy atom. The van der Waals surface area contributed by atoms with Gasteiger partial charge in [0.15, 0.2) is 0 Å². The number of nitrogens with zero attached hydrogens (tertiary/aromatic N) is 1. The van der Waals surface area contributed by atoms with Gasteiger partial charge in [-0.05, 0) is 62.6 Å². The van der Waals surface area contributed by atoms with Gasteiger partial charge in [0.25, 0.3) is 11.5 Å². The molecular weight excluding hydrogens is 407 g/mol. The van der Waals surface area contributed by atoms with E-state index < -0.39 is 11.7 Å². The number of amides is 1. The summed E-state index contributed by atoms with van der Waals surface area (Å²) in [4.78, 5) is 27.7. The van der Waals surface area contributed by atoms with Crippen molar-refractivity contribution in [1.82, 2.24) is 14.9 Å². The molecule has 2 heterocycles. The normalized spacial score (nSPS) is 11.6. The number of hydrogen-bond acceptors (Lipinski definition) is 2. The van der Waals surface area contributed by atoms with E-state index in [4.69, 9.17) is 0 Å². The topological polar surface area (TPSA) is 66.9 Å². The highest BCUT2D eigenvalue weighted by atomic mass is 19.4. The highest BCUT2D eigenvalue weighted by Crippen LogP contribution is 2.29. The number of benzene rings is 1. The van der Waals surface area contributed by atoms with E-state index >= 15 is 0 Å². The maximum Gasteiger partial charge on any atom is 0.416 e. The van der Waals surface area contributed by atoms with Gasteiger partial charge >= 0.3 is 6.18 Å². The number of H-pyrrole nitrogens is 1. The molecule has 3 rings (SSSR count). The molecule has 0 aliphatic heterocycles. The zero-order valence-electron chi connectivity index (χ0n) is 17.8. The molecule has 3 aromatic rings. The summed E-state index contributed by atoms with van der Waals surface area (Å²) < 4.78 is 40.1. The Balaban J connectivity index is 1.76. The Bertz CT molecular complexity index is 1170. The first-order valence-corrected chi connectivity index (χ1v) is 9.77. The fraction of sp³-hybridized carbons (Fsp3) is 0.304. The smallest absolute Gasteiger partial charge is 0.348 e. The van der Waals surface area contributed by atoms with Crippen LogP contribution in [0.3, 0.4) is 0 Å². The number of rotatable bonds is 5. The minimum Gasteiger partial charge on any atom is -0.348 e. The summed E-state index contributed by atoms with van der Waals surface area (Å²) in [5.74, 6) is -0.305. The first kappa shape index (κ1) is 22.4. The highest BCUT2D eigenvalue weighted by Gasteiger charge is 2.30. The van der Waals surface area contributed by atoms with Crippen molar-refractivity contribution in [2.45, 2.75) is 47.0 Å². The molecule has 0 aliphatic carbocycles. The average Bonchev–Trinajstić information content (AvgIpc) is 2.93. The van der Waals surface area contributed by atoms with Gasteiger partial charge in [-0.2, -0.15) is 13.2 Å². The highest BCUT2D eigenvalue weighted by molar-refractivity contribution is 5.96. The quantitative estimate of drug-likeness (QED) is 0.629. The summed E-state index contributed by atoms with van der Waals surface area (Å²) in [5.41, 5.74) is 3.76. The molecule has 0 aliphatic rings. The number of aryl methyl sites for hydroxylation is 3. The Labute approximate surface area is 177 Å². The molecule has 0 saturated carbocycles. The van der Waals surface area contributed by atoms with Crippen molar-refractivity contribution in [3.8, 4) is 0 Å². The zero-order chi connectivity index (χ0) is 22.9. The van der Waals surface area contributed by atoms with E-state index in [0.29, 0.717) is 28.9 Å². The lowest BCUT2D eigenvalue weighted by Gasteiger charge is -2.11. The lowest BCUT2D eigenvalue weighted by molar-refractivity contribution is -0.137. The molecule has 0 radical (unpaired) electrons. The van der Waals surface area contributed by atoms with Gasteiger partial charge in [-0.3, -0.25) is 9.59 Å².